The molecular formula is C18H18ClFN4O5. The molecule has 4 rings (SSSR count). The zero-order valence-corrected chi connectivity index (χ0v) is 15.9. The lowest BCUT2D eigenvalue weighted by atomic mass is 9.99. The van der Waals surface area contributed by atoms with Crippen LogP contribution in [-0.4, -0.2) is 55.3 Å². The zero-order valence-electron chi connectivity index (χ0n) is 15.1. The van der Waals surface area contributed by atoms with Gasteiger partial charge in [-0.05, 0) is 23.8 Å². The average molecular weight is 425 g/mol. The number of fused-ring (bicyclic) bond motifs is 1. The summed E-state index contributed by atoms with van der Waals surface area (Å²) in [4.78, 5) is 13.2. The van der Waals surface area contributed by atoms with E-state index in [9.17, 15) is 19.7 Å². The first-order valence-electron chi connectivity index (χ1n) is 8.67. The Hall–Kier alpha value is -2.34. The van der Waals surface area contributed by atoms with Gasteiger partial charge in [0.2, 0.25) is 0 Å². The topological polar surface area (TPSA) is 122 Å². The van der Waals surface area contributed by atoms with Crippen molar-refractivity contribution in [1.29, 1.82) is 0 Å². The van der Waals surface area contributed by atoms with Crippen molar-refractivity contribution in [2.24, 2.45) is 0 Å². The number of halogens is 2. The molecule has 1 aliphatic heterocycles. The van der Waals surface area contributed by atoms with Crippen molar-refractivity contribution in [2.75, 3.05) is 12.6 Å². The lowest BCUT2D eigenvalue weighted by Gasteiger charge is -2.21. The molecule has 3 heterocycles. The highest BCUT2D eigenvalue weighted by Gasteiger charge is 2.47. The quantitative estimate of drug-likeness (QED) is 0.455. The van der Waals surface area contributed by atoms with E-state index in [0.29, 0.717) is 16.9 Å². The van der Waals surface area contributed by atoms with Crippen molar-refractivity contribution < 1.29 is 29.3 Å². The molecule has 0 bridgehead atoms. The van der Waals surface area contributed by atoms with Gasteiger partial charge in [-0.3, -0.25) is 4.84 Å². The molecule has 1 fully saturated rings. The second-order valence-electron chi connectivity index (χ2n) is 6.58. The Morgan fingerprint density at radius 3 is 2.79 bits per heavy atom. The smallest absolute Gasteiger partial charge is 0.164 e. The van der Waals surface area contributed by atoms with Crippen LogP contribution in [0.3, 0.4) is 0 Å². The van der Waals surface area contributed by atoms with E-state index >= 15 is 0 Å². The van der Waals surface area contributed by atoms with Crippen molar-refractivity contribution in [2.45, 2.75) is 30.6 Å². The molecule has 0 amide bonds. The Labute approximate surface area is 169 Å². The molecule has 154 valence electrons. The predicted molar refractivity (Wildman–Crippen MR) is 100 cm³/mol. The maximum absolute atomic E-state index is 13.4. The Balaban J connectivity index is 1.64. The number of nitrogens with zero attached hydrogens (tertiary/aromatic N) is 3. The van der Waals surface area contributed by atoms with Crippen LogP contribution in [0.1, 0.15) is 17.9 Å². The maximum Gasteiger partial charge on any atom is 0.164 e. The first-order chi connectivity index (χ1) is 13.9. The number of nitrogens with one attached hydrogen (secondary N) is 1. The first kappa shape index (κ1) is 20.0. The second kappa shape index (κ2) is 7.82. The molecule has 0 radical (unpaired) electrons. The van der Waals surface area contributed by atoms with E-state index in [4.69, 9.17) is 21.2 Å². The van der Waals surface area contributed by atoms with Crippen LogP contribution >= 0.6 is 11.6 Å². The van der Waals surface area contributed by atoms with E-state index < -0.39 is 36.5 Å². The summed E-state index contributed by atoms with van der Waals surface area (Å²) >= 11 is 5.77. The van der Waals surface area contributed by atoms with Gasteiger partial charge in [-0.1, -0.05) is 17.7 Å². The predicted octanol–water partition coefficient (Wildman–Crippen LogP) is 1.55. The number of aromatic nitrogens is 3. The van der Waals surface area contributed by atoms with Gasteiger partial charge in [0.15, 0.2) is 12.0 Å². The van der Waals surface area contributed by atoms with Crippen LogP contribution in [0.2, 0.25) is 5.02 Å². The largest absolute Gasteiger partial charge is 0.387 e. The van der Waals surface area contributed by atoms with Crippen molar-refractivity contribution >= 4 is 28.5 Å². The summed E-state index contributed by atoms with van der Waals surface area (Å²) in [6, 6.07) is 5.39. The van der Waals surface area contributed by atoms with Gasteiger partial charge in [0, 0.05) is 6.20 Å². The van der Waals surface area contributed by atoms with E-state index in [1.54, 1.807) is 12.3 Å². The fraction of sp³-hybridized carbons (Fsp3) is 0.333. The fourth-order valence-electron chi connectivity index (χ4n) is 3.42. The number of benzene rings is 1. The van der Waals surface area contributed by atoms with E-state index in [1.807, 2.05) is 0 Å². The minimum atomic E-state index is -1.41. The molecule has 4 N–H and O–H groups in total. The lowest BCUT2D eigenvalue weighted by molar-refractivity contribution is -0.0848. The SMILES string of the molecule is CONc1ncnc2c1ccn2[C@@H]1O[C@H]([C@H](O)c2ccc(F)c(Cl)c2)[C@@H](O)[C@H]1O. The van der Waals surface area contributed by atoms with Crippen LogP contribution in [0, 0.1) is 5.82 Å². The Bertz CT molecular complexity index is 1030. The number of ether oxygens (including phenoxy) is 1. The Morgan fingerprint density at radius 2 is 2.07 bits per heavy atom. The summed E-state index contributed by atoms with van der Waals surface area (Å²) in [5.41, 5.74) is 3.31. The van der Waals surface area contributed by atoms with Crippen LogP contribution < -0.4 is 5.48 Å². The third-order valence-electron chi connectivity index (χ3n) is 4.85. The summed E-state index contributed by atoms with van der Waals surface area (Å²) in [6.45, 7) is 0. The van der Waals surface area contributed by atoms with Gasteiger partial charge < -0.3 is 24.6 Å². The number of aliphatic hydroxyl groups is 3. The van der Waals surface area contributed by atoms with Crippen molar-refractivity contribution in [3.8, 4) is 0 Å². The van der Waals surface area contributed by atoms with Crippen LogP contribution in [-0.2, 0) is 9.57 Å². The number of anilines is 1. The summed E-state index contributed by atoms with van der Waals surface area (Å²) in [7, 11) is 1.44. The molecule has 2 aromatic heterocycles. The van der Waals surface area contributed by atoms with Crippen molar-refractivity contribution in [1.82, 2.24) is 14.5 Å². The van der Waals surface area contributed by atoms with Gasteiger partial charge in [0.05, 0.1) is 17.5 Å². The maximum atomic E-state index is 13.4. The Morgan fingerprint density at radius 1 is 1.28 bits per heavy atom. The molecule has 0 unspecified atom stereocenters. The molecule has 11 heteroatoms. The normalized spacial score (nSPS) is 25.4. The lowest BCUT2D eigenvalue weighted by Crippen LogP contribution is -2.34. The molecule has 5 atom stereocenters. The minimum absolute atomic E-state index is 0.169. The van der Waals surface area contributed by atoms with E-state index in [2.05, 4.69) is 15.4 Å². The molecule has 1 saturated heterocycles. The van der Waals surface area contributed by atoms with Crippen molar-refractivity contribution in [3.05, 3.63) is 53.2 Å². The van der Waals surface area contributed by atoms with Gasteiger partial charge in [0.1, 0.15) is 42.2 Å². The summed E-state index contributed by atoms with van der Waals surface area (Å²) < 4.78 is 20.7. The van der Waals surface area contributed by atoms with Crippen LogP contribution in [0.4, 0.5) is 10.2 Å². The van der Waals surface area contributed by atoms with Gasteiger partial charge in [0.25, 0.3) is 0 Å². The summed E-state index contributed by atoms with van der Waals surface area (Å²) in [5.74, 6) is -0.214. The van der Waals surface area contributed by atoms with E-state index in [-0.39, 0.29) is 10.6 Å². The molecule has 3 aromatic rings. The number of aliphatic hydroxyl groups excluding tert-OH is 3. The molecule has 1 aliphatic rings. The van der Waals surface area contributed by atoms with Crippen LogP contribution in [0.15, 0.2) is 36.8 Å². The standard InChI is InChI=1S/C18H18ClFN4O5/c1-28-23-16-9-4-5-24(17(9)22-7-21-16)18-14(27)13(26)15(29-18)12(25)8-2-3-11(20)10(19)6-8/h2-7,12-15,18,25-27H,1H3,(H,21,22,23)/t12-,13+,14-,15-,18-/m1/s1. The van der Waals surface area contributed by atoms with Gasteiger partial charge in [-0.25, -0.2) is 19.8 Å². The van der Waals surface area contributed by atoms with Gasteiger partial charge in [-0.2, -0.15) is 0 Å². The molecule has 0 aliphatic carbocycles. The zero-order chi connectivity index (χ0) is 20.7. The third kappa shape index (κ3) is 3.44. The first-order valence-corrected chi connectivity index (χ1v) is 9.05. The van der Waals surface area contributed by atoms with Crippen LogP contribution in [0.5, 0.6) is 0 Å². The van der Waals surface area contributed by atoms with Gasteiger partial charge in [-0.15, -0.1) is 0 Å². The summed E-state index contributed by atoms with van der Waals surface area (Å²) in [6.07, 6.45) is -3.37. The number of hydrogen-bond acceptors (Lipinski definition) is 8. The monoisotopic (exact) mass is 424 g/mol. The highest BCUT2D eigenvalue weighted by Crippen LogP contribution is 2.38. The summed E-state index contributed by atoms with van der Waals surface area (Å²) in [5, 5.41) is 32.1. The van der Waals surface area contributed by atoms with E-state index in [0.717, 1.165) is 6.07 Å². The highest BCUT2D eigenvalue weighted by molar-refractivity contribution is 6.30. The third-order valence-corrected chi connectivity index (χ3v) is 5.14. The molecule has 1 aromatic carbocycles. The highest BCUT2D eigenvalue weighted by atomic mass is 35.5. The van der Waals surface area contributed by atoms with Crippen molar-refractivity contribution in [3.63, 3.8) is 0 Å². The molecule has 0 spiro atoms. The van der Waals surface area contributed by atoms with E-state index in [1.165, 1.54) is 30.1 Å². The number of rotatable bonds is 5. The molecule has 29 heavy (non-hydrogen) atoms. The fourth-order valence-corrected chi connectivity index (χ4v) is 3.61. The minimum Gasteiger partial charge on any atom is -0.387 e. The Kier molecular flexibility index (Phi) is 5.38. The molecular weight excluding hydrogens is 407 g/mol. The van der Waals surface area contributed by atoms with Crippen LogP contribution in [0.25, 0.3) is 11.0 Å². The molecule has 9 nitrogen and oxygen atoms in total. The second-order valence-corrected chi connectivity index (χ2v) is 6.99. The number of hydrogen-bond donors (Lipinski definition) is 4. The van der Waals surface area contributed by atoms with Gasteiger partial charge >= 0.3 is 0 Å². The molecule has 0 saturated carbocycles. The average Bonchev–Trinajstić information content (AvgIpc) is 3.26.